The summed E-state index contributed by atoms with van der Waals surface area (Å²) in [5.41, 5.74) is 16.9. The van der Waals surface area contributed by atoms with Crippen LogP contribution in [0.3, 0.4) is 0 Å². The van der Waals surface area contributed by atoms with Crippen LogP contribution in [0.4, 0.5) is 11.4 Å². The lowest BCUT2D eigenvalue weighted by Crippen LogP contribution is -1.88. The van der Waals surface area contributed by atoms with Crippen molar-refractivity contribution in [1.82, 2.24) is 9.97 Å². The number of nitrogens with one attached hydrogen (secondary N) is 1. The van der Waals surface area contributed by atoms with E-state index >= 15 is 0 Å². The van der Waals surface area contributed by atoms with Crippen molar-refractivity contribution in [2.24, 2.45) is 0 Å². The molecule has 0 aliphatic carbocycles. The third-order valence-electron chi connectivity index (χ3n) is 3.02. The van der Waals surface area contributed by atoms with Gasteiger partial charge in [0.25, 0.3) is 0 Å². The lowest BCUT2D eigenvalue weighted by atomic mass is 10.0. The summed E-state index contributed by atoms with van der Waals surface area (Å²) in [6, 6.07) is 15.4. The number of benzene rings is 2. The molecule has 0 bridgehead atoms. The Morgan fingerprint density at radius 1 is 0.737 bits per heavy atom. The SMILES string of the molecule is Nc1ccc(-c2nc[nH]c2-c2ccc(N)cc2)cc1. The molecule has 19 heavy (non-hydrogen) atoms. The second kappa shape index (κ2) is 4.49. The molecule has 94 valence electrons. The van der Waals surface area contributed by atoms with Crippen molar-refractivity contribution in [1.29, 1.82) is 0 Å². The monoisotopic (exact) mass is 250 g/mol. The van der Waals surface area contributed by atoms with E-state index in [-0.39, 0.29) is 0 Å². The van der Waals surface area contributed by atoms with E-state index in [0.717, 1.165) is 33.9 Å². The molecule has 0 saturated heterocycles. The first kappa shape index (κ1) is 11.3. The van der Waals surface area contributed by atoms with Crippen LogP contribution >= 0.6 is 0 Å². The molecule has 0 amide bonds. The number of hydrogen-bond acceptors (Lipinski definition) is 3. The summed E-state index contributed by atoms with van der Waals surface area (Å²) in [6.07, 6.45) is 1.69. The van der Waals surface area contributed by atoms with Gasteiger partial charge >= 0.3 is 0 Å². The molecule has 0 spiro atoms. The molecule has 3 rings (SSSR count). The van der Waals surface area contributed by atoms with Crippen molar-refractivity contribution in [3.05, 3.63) is 54.9 Å². The van der Waals surface area contributed by atoms with Gasteiger partial charge in [0, 0.05) is 22.5 Å². The summed E-state index contributed by atoms with van der Waals surface area (Å²) in [7, 11) is 0. The average molecular weight is 250 g/mol. The Balaban J connectivity index is 2.07. The number of nitrogen functional groups attached to an aromatic ring is 2. The van der Waals surface area contributed by atoms with Crippen molar-refractivity contribution < 1.29 is 0 Å². The predicted molar refractivity (Wildman–Crippen MR) is 78.3 cm³/mol. The molecule has 4 heteroatoms. The van der Waals surface area contributed by atoms with E-state index < -0.39 is 0 Å². The van der Waals surface area contributed by atoms with Gasteiger partial charge in [-0.1, -0.05) is 24.3 Å². The van der Waals surface area contributed by atoms with Crippen molar-refractivity contribution in [3.63, 3.8) is 0 Å². The first-order chi connectivity index (χ1) is 9.24. The average Bonchev–Trinajstić information content (AvgIpc) is 2.90. The second-order valence-electron chi connectivity index (χ2n) is 4.37. The first-order valence-electron chi connectivity index (χ1n) is 5.99. The number of rotatable bonds is 2. The number of nitrogens with two attached hydrogens (primary N) is 2. The van der Waals surface area contributed by atoms with Crippen LogP contribution in [0.5, 0.6) is 0 Å². The van der Waals surface area contributed by atoms with Crippen molar-refractivity contribution in [2.75, 3.05) is 11.5 Å². The van der Waals surface area contributed by atoms with E-state index in [1.807, 2.05) is 48.5 Å². The number of hydrogen-bond donors (Lipinski definition) is 3. The molecular formula is C15H14N4. The van der Waals surface area contributed by atoms with E-state index in [0.29, 0.717) is 0 Å². The Labute approximate surface area is 111 Å². The first-order valence-corrected chi connectivity index (χ1v) is 5.99. The van der Waals surface area contributed by atoms with E-state index in [9.17, 15) is 0 Å². The summed E-state index contributed by atoms with van der Waals surface area (Å²) in [6.45, 7) is 0. The highest BCUT2D eigenvalue weighted by atomic mass is 14.9. The predicted octanol–water partition coefficient (Wildman–Crippen LogP) is 2.91. The Morgan fingerprint density at radius 2 is 1.26 bits per heavy atom. The van der Waals surface area contributed by atoms with Crippen LogP contribution in [0, 0.1) is 0 Å². The number of nitrogens with zero attached hydrogens (tertiary/aromatic N) is 1. The molecule has 0 aliphatic rings. The molecule has 5 N–H and O–H groups in total. The van der Waals surface area contributed by atoms with E-state index in [1.54, 1.807) is 6.33 Å². The number of imidazole rings is 1. The maximum absolute atomic E-state index is 5.71. The molecule has 0 radical (unpaired) electrons. The topological polar surface area (TPSA) is 80.7 Å². The lowest BCUT2D eigenvalue weighted by Gasteiger charge is -2.04. The molecule has 3 aromatic rings. The molecule has 1 heterocycles. The third kappa shape index (κ3) is 2.15. The van der Waals surface area contributed by atoms with Crippen LogP contribution < -0.4 is 11.5 Å². The highest BCUT2D eigenvalue weighted by Crippen LogP contribution is 2.29. The van der Waals surface area contributed by atoms with E-state index in [1.165, 1.54) is 0 Å². The summed E-state index contributed by atoms with van der Waals surface area (Å²) in [4.78, 5) is 7.56. The number of aromatic nitrogens is 2. The lowest BCUT2D eigenvalue weighted by molar-refractivity contribution is 1.31. The van der Waals surface area contributed by atoms with Gasteiger partial charge in [0.1, 0.15) is 0 Å². The van der Waals surface area contributed by atoms with E-state index in [4.69, 9.17) is 11.5 Å². The Morgan fingerprint density at radius 3 is 1.84 bits per heavy atom. The van der Waals surface area contributed by atoms with Crippen LogP contribution in [0.1, 0.15) is 0 Å². The van der Waals surface area contributed by atoms with Gasteiger partial charge in [0.2, 0.25) is 0 Å². The summed E-state index contributed by atoms with van der Waals surface area (Å²) in [5.74, 6) is 0. The minimum atomic E-state index is 0.744. The highest BCUT2D eigenvalue weighted by Gasteiger charge is 2.09. The molecule has 0 atom stereocenters. The maximum atomic E-state index is 5.71. The normalized spacial score (nSPS) is 10.5. The summed E-state index contributed by atoms with van der Waals surface area (Å²) >= 11 is 0. The molecule has 4 nitrogen and oxygen atoms in total. The Bertz CT molecular complexity index is 621. The Kier molecular flexibility index (Phi) is 2.68. The van der Waals surface area contributed by atoms with Crippen molar-refractivity contribution in [2.45, 2.75) is 0 Å². The second-order valence-corrected chi connectivity index (χ2v) is 4.37. The largest absolute Gasteiger partial charge is 0.399 e. The molecule has 0 aliphatic heterocycles. The minimum Gasteiger partial charge on any atom is -0.399 e. The zero-order valence-electron chi connectivity index (χ0n) is 10.3. The van der Waals surface area contributed by atoms with Gasteiger partial charge in [-0.2, -0.15) is 0 Å². The third-order valence-corrected chi connectivity index (χ3v) is 3.02. The number of aromatic amines is 1. The molecular weight excluding hydrogens is 236 g/mol. The fraction of sp³-hybridized carbons (Fsp3) is 0. The van der Waals surface area contributed by atoms with Crippen LogP contribution in [0.25, 0.3) is 22.5 Å². The van der Waals surface area contributed by atoms with Gasteiger partial charge in [-0.3, -0.25) is 0 Å². The minimum absolute atomic E-state index is 0.744. The molecule has 0 saturated carbocycles. The quantitative estimate of drug-likeness (QED) is 0.612. The van der Waals surface area contributed by atoms with Gasteiger partial charge in [-0.05, 0) is 24.3 Å². The maximum Gasteiger partial charge on any atom is 0.0961 e. The standard InChI is InChI=1S/C15H14N4/c16-12-5-1-10(2-6-12)14-15(19-9-18-14)11-3-7-13(17)8-4-11/h1-9H,16-17H2,(H,18,19). The van der Waals surface area contributed by atoms with Crippen LogP contribution in [0.15, 0.2) is 54.9 Å². The molecule has 1 aromatic heterocycles. The summed E-state index contributed by atoms with van der Waals surface area (Å²) in [5, 5.41) is 0. The molecule has 0 fully saturated rings. The molecule has 2 aromatic carbocycles. The van der Waals surface area contributed by atoms with Gasteiger partial charge in [0.05, 0.1) is 17.7 Å². The van der Waals surface area contributed by atoms with Crippen LogP contribution in [-0.2, 0) is 0 Å². The summed E-state index contributed by atoms with van der Waals surface area (Å²) < 4.78 is 0. The highest BCUT2D eigenvalue weighted by molar-refractivity contribution is 5.79. The van der Waals surface area contributed by atoms with Gasteiger partial charge < -0.3 is 16.5 Å². The zero-order chi connectivity index (χ0) is 13.2. The fourth-order valence-electron chi connectivity index (χ4n) is 2.02. The van der Waals surface area contributed by atoms with Gasteiger partial charge in [-0.25, -0.2) is 4.98 Å². The number of H-pyrrole nitrogens is 1. The van der Waals surface area contributed by atoms with Crippen molar-refractivity contribution in [3.8, 4) is 22.5 Å². The smallest absolute Gasteiger partial charge is 0.0961 e. The van der Waals surface area contributed by atoms with E-state index in [2.05, 4.69) is 9.97 Å². The Hall–Kier alpha value is -2.75. The molecule has 0 unspecified atom stereocenters. The van der Waals surface area contributed by atoms with Crippen LogP contribution in [-0.4, -0.2) is 9.97 Å². The van der Waals surface area contributed by atoms with Gasteiger partial charge in [0.15, 0.2) is 0 Å². The van der Waals surface area contributed by atoms with Crippen molar-refractivity contribution >= 4 is 11.4 Å². The fourth-order valence-corrected chi connectivity index (χ4v) is 2.02. The number of anilines is 2. The van der Waals surface area contributed by atoms with Gasteiger partial charge in [-0.15, -0.1) is 0 Å². The zero-order valence-corrected chi connectivity index (χ0v) is 10.3. The van der Waals surface area contributed by atoms with Crippen LogP contribution in [0.2, 0.25) is 0 Å².